The normalized spacial score (nSPS) is 10.3. The Labute approximate surface area is 118 Å². The Balaban J connectivity index is 2.42. The average molecular weight is 284 g/mol. The molecule has 1 amide bonds. The first kappa shape index (κ1) is 16.4. The summed E-state index contributed by atoms with van der Waals surface area (Å²) in [4.78, 5) is 11.5. The highest BCUT2D eigenvalue weighted by Crippen LogP contribution is 2.19. The van der Waals surface area contributed by atoms with E-state index in [2.05, 4.69) is 10.6 Å². The molecule has 112 valence electrons. The Bertz CT molecular complexity index is 427. The largest absolute Gasteiger partial charge is 0.483 e. The van der Waals surface area contributed by atoms with Crippen molar-refractivity contribution in [3.8, 4) is 5.75 Å². The van der Waals surface area contributed by atoms with Crippen LogP contribution < -0.4 is 15.4 Å². The number of carbonyl (C=O) groups excluding carboxylic acids is 1. The zero-order valence-electron chi connectivity index (χ0n) is 11.9. The van der Waals surface area contributed by atoms with Gasteiger partial charge in [0.25, 0.3) is 5.91 Å². The smallest absolute Gasteiger partial charge is 0.257 e. The molecule has 1 aromatic carbocycles. The molecular weight excluding hydrogens is 263 g/mol. The molecule has 0 aliphatic carbocycles. The van der Waals surface area contributed by atoms with Gasteiger partial charge in [0.15, 0.2) is 6.61 Å². The molecule has 0 heterocycles. The molecule has 0 aliphatic heterocycles. The van der Waals surface area contributed by atoms with Gasteiger partial charge < -0.3 is 20.1 Å². The summed E-state index contributed by atoms with van der Waals surface area (Å²) in [6, 6.07) is 4.23. The number of rotatable bonds is 9. The molecule has 0 aliphatic rings. The summed E-state index contributed by atoms with van der Waals surface area (Å²) >= 11 is 0. The molecule has 0 spiro atoms. The summed E-state index contributed by atoms with van der Waals surface area (Å²) in [5.74, 6) is -0.0276. The van der Waals surface area contributed by atoms with Gasteiger partial charge in [0.1, 0.15) is 11.6 Å². The van der Waals surface area contributed by atoms with Crippen LogP contribution in [0.25, 0.3) is 0 Å². The summed E-state index contributed by atoms with van der Waals surface area (Å²) in [5, 5.41) is 5.64. The molecule has 0 aromatic heterocycles. The maximum atomic E-state index is 13.1. The third-order valence-electron chi connectivity index (χ3n) is 2.60. The number of amides is 1. The van der Waals surface area contributed by atoms with Crippen LogP contribution in [0.1, 0.15) is 12.0 Å². The van der Waals surface area contributed by atoms with Crippen LogP contribution in [0.15, 0.2) is 18.2 Å². The summed E-state index contributed by atoms with van der Waals surface area (Å²) in [6.07, 6.45) is 0.754. The monoisotopic (exact) mass is 284 g/mol. The van der Waals surface area contributed by atoms with Gasteiger partial charge >= 0.3 is 0 Å². The van der Waals surface area contributed by atoms with Gasteiger partial charge in [0, 0.05) is 32.4 Å². The van der Waals surface area contributed by atoms with Crippen molar-refractivity contribution in [3.63, 3.8) is 0 Å². The molecule has 0 bridgehead atoms. The van der Waals surface area contributed by atoms with E-state index in [-0.39, 0.29) is 18.3 Å². The fraction of sp³-hybridized carbons (Fsp3) is 0.500. The molecule has 0 saturated carbocycles. The van der Waals surface area contributed by atoms with Crippen molar-refractivity contribution < 1.29 is 18.7 Å². The van der Waals surface area contributed by atoms with Crippen molar-refractivity contribution in [2.75, 3.05) is 33.9 Å². The van der Waals surface area contributed by atoms with E-state index in [1.807, 2.05) is 0 Å². The molecule has 6 heteroatoms. The van der Waals surface area contributed by atoms with Gasteiger partial charge in [-0.15, -0.1) is 0 Å². The molecule has 1 rings (SSSR count). The predicted octanol–water partition coefficient (Wildman–Crippen LogP) is 1.08. The summed E-state index contributed by atoms with van der Waals surface area (Å²) < 4.78 is 23.4. The highest BCUT2D eigenvalue weighted by Gasteiger charge is 2.07. The number of methoxy groups -OCH3 is 1. The lowest BCUT2D eigenvalue weighted by molar-refractivity contribution is -0.123. The van der Waals surface area contributed by atoms with Crippen LogP contribution >= 0.6 is 0 Å². The summed E-state index contributed by atoms with van der Waals surface area (Å²) in [6.45, 7) is 1.53. The molecule has 0 atom stereocenters. The maximum absolute atomic E-state index is 13.1. The van der Waals surface area contributed by atoms with Gasteiger partial charge in [-0.05, 0) is 31.7 Å². The van der Waals surface area contributed by atoms with Gasteiger partial charge in [-0.2, -0.15) is 0 Å². The highest BCUT2D eigenvalue weighted by molar-refractivity contribution is 5.77. The van der Waals surface area contributed by atoms with Crippen molar-refractivity contribution in [1.29, 1.82) is 0 Å². The van der Waals surface area contributed by atoms with E-state index >= 15 is 0 Å². The third-order valence-corrected chi connectivity index (χ3v) is 2.60. The molecule has 1 aromatic rings. The van der Waals surface area contributed by atoms with Crippen molar-refractivity contribution in [2.24, 2.45) is 0 Å². The van der Waals surface area contributed by atoms with Crippen LogP contribution in [0.4, 0.5) is 4.39 Å². The summed E-state index contributed by atoms with van der Waals surface area (Å²) in [7, 11) is 3.37. The SMILES string of the molecule is CNCc1cc(F)ccc1OCC(=O)NCCCOC. The molecule has 5 nitrogen and oxygen atoms in total. The zero-order chi connectivity index (χ0) is 14.8. The van der Waals surface area contributed by atoms with Gasteiger partial charge in [0.05, 0.1) is 0 Å². The van der Waals surface area contributed by atoms with Crippen molar-refractivity contribution >= 4 is 5.91 Å². The lowest BCUT2D eigenvalue weighted by atomic mass is 10.2. The zero-order valence-corrected chi connectivity index (χ0v) is 11.9. The van der Waals surface area contributed by atoms with E-state index in [0.29, 0.717) is 31.0 Å². The van der Waals surface area contributed by atoms with Gasteiger partial charge in [0.2, 0.25) is 0 Å². The molecular formula is C14H21FN2O3. The van der Waals surface area contributed by atoms with Crippen molar-refractivity contribution in [1.82, 2.24) is 10.6 Å². The van der Waals surface area contributed by atoms with Crippen LogP contribution in [0.2, 0.25) is 0 Å². The van der Waals surface area contributed by atoms with E-state index in [4.69, 9.17) is 9.47 Å². The Morgan fingerprint density at radius 3 is 2.90 bits per heavy atom. The molecule has 2 N–H and O–H groups in total. The standard InChI is InChI=1S/C14H21FN2O3/c1-16-9-11-8-12(15)4-5-13(11)20-10-14(18)17-6-3-7-19-2/h4-5,8,16H,3,6-7,9-10H2,1-2H3,(H,17,18). The minimum atomic E-state index is -0.327. The molecule has 0 radical (unpaired) electrons. The van der Waals surface area contributed by atoms with Gasteiger partial charge in [-0.1, -0.05) is 0 Å². The number of nitrogens with one attached hydrogen (secondary N) is 2. The first-order chi connectivity index (χ1) is 9.67. The van der Waals surface area contributed by atoms with Crippen molar-refractivity contribution in [3.05, 3.63) is 29.6 Å². The second kappa shape index (κ2) is 9.28. The second-order valence-corrected chi connectivity index (χ2v) is 4.27. The van der Waals surface area contributed by atoms with E-state index < -0.39 is 0 Å². The number of carbonyl (C=O) groups is 1. The van der Waals surface area contributed by atoms with Gasteiger partial charge in [-0.3, -0.25) is 4.79 Å². The van der Waals surface area contributed by atoms with Crippen LogP contribution in [0, 0.1) is 5.82 Å². The van der Waals surface area contributed by atoms with E-state index in [1.165, 1.54) is 18.2 Å². The minimum absolute atomic E-state index is 0.0880. The Morgan fingerprint density at radius 2 is 2.20 bits per heavy atom. The number of hydrogen-bond acceptors (Lipinski definition) is 4. The predicted molar refractivity (Wildman–Crippen MR) is 74.2 cm³/mol. The van der Waals surface area contributed by atoms with E-state index in [0.717, 1.165) is 6.42 Å². The lowest BCUT2D eigenvalue weighted by Crippen LogP contribution is -2.30. The second-order valence-electron chi connectivity index (χ2n) is 4.27. The van der Waals surface area contributed by atoms with Gasteiger partial charge in [-0.25, -0.2) is 4.39 Å². The topological polar surface area (TPSA) is 59.6 Å². The molecule has 20 heavy (non-hydrogen) atoms. The number of ether oxygens (including phenoxy) is 2. The Hall–Kier alpha value is -1.66. The van der Waals surface area contributed by atoms with Crippen LogP contribution in [-0.4, -0.2) is 39.8 Å². The number of hydrogen-bond donors (Lipinski definition) is 2. The first-order valence-corrected chi connectivity index (χ1v) is 6.49. The fourth-order valence-electron chi connectivity index (χ4n) is 1.66. The minimum Gasteiger partial charge on any atom is -0.483 e. The lowest BCUT2D eigenvalue weighted by Gasteiger charge is -2.11. The first-order valence-electron chi connectivity index (χ1n) is 6.49. The van der Waals surface area contributed by atoms with E-state index in [9.17, 15) is 9.18 Å². The molecule has 0 fully saturated rings. The van der Waals surface area contributed by atoms with Crippen LogP contribution in [0.3, 0.4) is 0 Å². The number of halogens is 1. The fourth-order valence-corrected chi connectivity index (χ4v) is 1.66. The average Bonchev–Trinajstić information content (AvgIpc) is 2.43. The van der Waals surface area contributed by atoms with Crippen LogP contribution in [0.5, 0.6) is 5.75 Å². The Morgan fingerprint density at radius 1 is 1.40 bits per heavy atom. The number of benzene rings is 1. The summed E-state index contributed by atoms with van der Waals surface area (Å²) in [5.41, 5.74) is 0.680. The quantitative estimate of drug-likeness (QED) is 0.666. The van der Waals surface area contributed by atoms with Crippen molar-refractivity contribution in [2.45, 2.75) is 13.0 Å². The highest BCUT2D eigenvalue weighted by atomic mass is 19.1. The van der Waals surface area contributed by atoms with Crippen LogP contribution in [-0.2, 0) is 16.1 Å². The molecule has 0 unspecified atom stereocenters. The third kappa shape index (κ3) is 5.99. The van der Waals surface area contributed by atoms with E-state index in [1.54, 1.807) is 14.2 Å². The maximum Gasteiger partial charge on any atom is 0.257 e. The molecule has 0 saturated heterocycles. The Kier molecular flexibility index (Phi) is 7.60.